The summed E-state index contributed by atoms with van der Waals surface area (Å²) < 4.78 is 2.08. The highest BCUT2D eigenvalue weighted by atomic mass is 32.1. The molecule has 0 unspecified atom stereocenters. The Hall–Kier alpha value is -3.59. The van der Waals surface area contributed by atoms with E-state index in [0.717, 1.165) is 28.2 Å². The zero-order valence-electron chi connectivity index (χ0n) is 19.8. The molecule has 0 saturated heterocycles. The van der Waals surface area contributed by atoms with Crippen LogP contribution < -0.4 is 10.6 Å². The van der Waals surface area contributed by atoms with Crippen LogP contribution in [0.25, 0.3) is 22.4 Å². The van der Waals surface area contributed by atoms with E-state index < -0.39 is 0 Å². The van der Waals surface area contributed by atoms with Gasteiger partial charge in [0.2, 0.25) is 5.91 Å². The SMILES string of the molecule is Cc1nc2cc(C(=O)Nc3nc(-c4ccccn4)cs3)ccc2n1CCCC(=O)NC(C)(C)C. The first-order chi connectivity index (χ1) is 16.2. The number of carbonyl (C=O) groups excluding carboxylic acids is 2. The number of aromatic nitrogens is 4. The molecule has 0 radical (unpaired) electrons. The van der Waals surface area contributed by atoms with Gasteiger partial charge in [0, 0.05) is 35.6 Å². The molecule has 0 aliphatic carbocycles. The average molecular weight is 477 g/mol. The molecule has 0 bridgehead atoms. The number of thiazole rings is 1. The number of rotatable bonds is 7. The largest absolute Gasteiger partial charge is 0.352 e. The van der Waals surface area contributed by atoms with Gasteiger partial charge in [-0.2, -0.15) is 0 Å². The lowest BCUT2D eigenvalue weighted by Crippen LogP contribution is -2.40. The number of fused-ring (bicyclic) bond motifs is 1. The zero-order valence-corrected chi connectivity index (χ0v) is 20.6. The highest BCUT2D eigenvalue weighted by Crippen LogP contribution is 2.24. The van der Waals surface area contributed by atoms with E-state index in [4.69, 9.17) is 0 Å². The molecule has 0 aliphatic heterocycles. The van der Waals surface area contributed by atoms with Gasteiger partial charge in [0.15, 0.2) is 5.13 Å². The van der Waals surface area contributed by atoms with Crippen LogP contribution in [0.2, 0.25) is 0 Å². The van der Waals surface area contributed by atoms with E-state index >= 15 is 0 Å². The van der Waals surface area contributed by atoms with E-state index in [1.54, 1.807) is 18.3 Å². The van der Waals surface area contributed by atoms with Crippen molar-refractivity contribution in [2.24, 2.45) is 0 Å². The predicted molar refractivity (Wildman–Crippen MR) is 135 cm³/mol. The van der Waals surface area contributed by atoms with Gasteiger partial charge in [0.1, 0.15) is 11.5 Å². The molecule has 34 heavy (non-hydrogen) atoms. The summed E-state index contributed by atoms with van der Waals surface area (Å²) in [7, 11) is 0. The fourth-order valence-corrected chi connectivity index (χ4v) is 4.38. The molecule has 0 spiro atoms. The summed E-state index contributed by atoms with van der Waals surface area (Å²) >= 11 is 1.36. The molecule has 3 aromatic heterocycles. The normalized spacial score (nSPS) is 11.5. The first-order valence-electron chi connectivity index (χ1n) is 11.2. The van der Waals surface area contributed by atoms with Gasteiger partial charge in [-0.1, -0.05) is 6.07 Å². The number of nitrogens with one attached hydrogen (secondary N) is 2. The van der Waals surface area contributed by atoms with Crippen LogP contribution in [0.3, 0.4) is 0 Å². The zero-order chi connectivity index (χ0) is 24.3. The monoisotopic (exact) mass is 476 g/mol. The Morgan fingerprint density at radius 1 is 1.09 bits per heavy atom. The molecule has 0 atom stereocenters. The van der Waals surface area contributed by atoms with Crippen LogP contribution in [-0.4, -0.2) is 36.9 Å². The molecule has 0 saturated carbocycles. The fourth-order valence-electron chi connectivity index (χ4n) is 3.68. The summed E-state index contributed by atoms with van der Waals surface area (Å²) in [6.45, 7) is 8.53. The van der Waals surface area contributed by atoms with Gasteiger partial charge in [-0.15, -0.1) is 11.3 Å². The lowest BCUT2D eigenvalue weighted by Gasteiger charge is -2.20. The van der Waals surface area contributed by atoms with Crippen molar-refractivity contribution in [1.29, 1.82) is 0 Å². The van der Waals surface area contributed by atoms with Crippen LogP contribution in [0.4, 0.5) is 5.13 Å². The van der Waals surface area contributed by atoms with Crippen molar-refractivity contribution in [2.75, 3.05) is 5.32 Å². The van der Waals surface area contributed by atoms with E-state index in [1.165, 1.54) is 11.3 Å². The number of imidazole rings is 1. The summed E-state index contributed by atoms with van der Waals surface area (Å²) in [5.41, 5.74) is 3.45. The number of hydrogen-bond acceptors (Lipinski definition) is 6. The van der Waals surface area contributed by atoms with Crippen LogP contribution in [0.5, 0.6) is 0 Å². The minimum absolute atomic E-state index is 0.0434. The molecule has 9 heteroatoms. The molecular formula is C25H28N6O2S. The number of pyridine rings is 1. The molecule has 2 amide bonds. The number of benzene rings is 1. The van der Waals surface area contributed by atoms with Crippen LogP contribution in [0.15, 0.2) is 48.0 Å². The highest BCUT2D eigenvalue weighted by Gasteiger charge is 2.16. The highest BCUT2D eigenvalue weighted by molar-refractivity contribution is 7.14. The minimum atomic E-state index is -0.241. The Kier molecular flexibility index (Phi) is 6.74. The molecular weight excluding hydrogens is 448 g/mol. The van der Waals surface area contributed by atoms with Crippen molar-refractivity contribution in [3.05, 3.63) is 59.4 Å². The number of amides is 2. The van der Waals surface area contributed by atoms with Gasteiger partial charge in [0.05, 0.1) is 16.7 Å². The van der Waals surface area contributed by atoms with Gasteiger partial charge >= 0.3 is 0 Å². The van der Waals surface area contributed by atoms with E-state index in [9.17, 15) is 9.59 Å². The maximum atomic E-state index is 12.8. The molecule has 4 aromatic rings. The number of anilines is 1. The molecule has 3 heterocycles. The Morgan fingerprint density at radius 2 is 1.91 bits per heavy atom. The van der Waals surface area contributed by atoms with Crippen molar-refractivity contribution in [3.8, 4) is 11.4 Å². The molecule has 0 fully saturated rings. The van der Waals surface area contributed by atoms with Gasteiger partial charge < -0.3 is 9.88 Å². The molecule has 4 rings (SSSR count). The summed E-state index contributed by atoms with van der Waals surface area (Å²) in [6.07, 6.45) is 2.87. The second kappa shape index (κ2) is 9.72. The fraction of sp³-hybridized carbons (Fsp3) is 0.320. The van der Waals surface area contributed by atoms with Crippen LogP contribution in [0, 0.1) is 6.92 Å². The smallest absolute Gasteiger partial charge is 0.257 e. The Labute approximate surface area is 202 Å². The third-order valence-corrected chi connectivity index (χ3v) is 5.91. The van der Waals surface area contributed by atoms with Gasteiger partial charge in [-0.05, 0) is 64.4 Å². The van der Waals surface area contributed by atoms with Crippen molar-refractivity contribution in [2.45, 2.75) is 52.6 Å². The third kappa shape index (κ3) is 5.66. The second-order valence-corrected chi connectivity index (χ2v) is 9.98. The Balaban J connectivity index is 1.42. The minimum Gasteiger partial charge on any atom is -0.352 e. The number of nitrogens with zero attached hydrogens (tertiary/aromatic N) is 4. The van der Waals surface area contributed by atoms with Crippen molar-refractivity contribution in [1.82, 2.24) is 24.8 Å². The summed E-state index contributed by atoms with van der Waals surface area (Å²) in [5, 5.41) is 8.23. The summed E-state index contributed by atoms with van der Waals surface area (Å²) in [4.78, 5) is 38.3. The van der Waals surface area contributed by atoms with Crippen LogP contribution in [0.1, 0.15) is 49.8 Å². The van der Waals surface area contributed by atoms with Gasteiger partial charge in [-0.25, -0.2) is 9.97 Å². The van der Waals surface area contributed by atoms with Crippen LogP contribution in [-0.2, 0) is 11.3 Å². The van der Waals surface area contributed by atoms with Gasteiger partial charge in [0.25, 0.3) is 5.91 Å². The second-order valence-electron chi connectivity index (χ2n) is 9.12. The summed E-state index contributed by atoms with van der Waals surface area (Å²) in [6, 6.07) is 11.1. The summed E-state index contributed by atoms with van der Waals surface area (Å²) in [5.74, 6) is 0.653. The number of hydrogen-bond donors (Lipinski definition) is 2. The Bertz CT molecular complexity index is 1320. The maximum Gasteiger partial charge on any atom is 0.257 e. The standard InChI is InChI=1S/C25H28N6O2S/c1-16-27-19-14-17(10-11-21(19)31(16)13-7-9-22(32)30-25(2,3)4)23(33)29-24-28-20(15-34-24)18-8-5-6-12-26-18/h5-6,8,10-12,14-15H,7,9,13H2,1-4H3,(H,30,32)(H,28,29,33). The average Bonchev–Trinajstić information content (AvgIpc) is 3.37. The molecule has 0 aliphatic rings. The van der Waals surface area contributed by atoms with Crippen molar-refractivity contribution >= 4 is 39.3 Å². The van der Waals surface area contributed by atoms with E-state index in [1.807, 2.05) is 57.3 Å². The quantitative estimate of drug-likeness (QED) is 0.399. The van der Waals surface area contributed by atoms with Crippen LogP contribution >= 0.6 is 11.3 Å². The van der Waals surface area contributed by atoms with E-state index in [0.29, 0.717) is 30.1 Å². The molecule has 2 N–H and O–H groups in total. The van der Waals surface area contributed by atoms with Crippen molar-refractivity contribution in [3.63, 3.8) is 0 Å². The lowest BCUT2D eigenvalue weighted by molar-refractivity contribution is -0.122. The first kappa shape index (κ1) is 23.6. The molecule has 8 nitrogen and oxygen atoms in total. The molecule has 176 valence electrons. The molecule has 1 aromatic carbocycles. The Morgan fingerprint density at radius 3 is 2.65 bits per heavy atom. The number of carbonyl (C=O) groups is 2. The number of aryl methyl sites for hydroxylation is 2. The first-order valence-corrected chi connectivity index (χ1v) is 12.0. The van der Waals surface area contributed by atoms with E-state index in [2.05, 4.69) is 30.2 Å². The predicted octanol–water partition coefficient (Wildman–Crippen LogP) is 4.81. The van der Waals surface area contributed by atoms with E-state index in [-0.39, 0.29) is 17.4 Å². The van der Waals surface area contributed by atoms with Crippen molar-refractivity contribution < 1.29 is 9.59 Å². The maximum absolute atomic E-state index is 12.8. The van der Waals surface area contributed by atoms with Gasteiger partial charge in [-0.3, -0.25) is 19.9 Å². The third-order valence-electron chi connectivity index (χ3n) is 5.15. The topological polar surface area (TPSA) is 102 Å². The lowest BCUT2D eigenvalue weighted by atomic mass is 10.1.